The van der Waals surface area contributed by atoms with Crippen LogP contribution >= 0.6 is 0 Å². The monoisotopic (exact) mass is 452 g/mol. The SMILES string of the molecule is COc1cc2c(cc1OC)CN(C(=O)C(NC(=O)c1ccc(C(C)(C)C)cc1)C(C)C)CC2. The van der Waals surface area contributed by atoms with E-state index in [0.717, 1.165) is 23.1 Å². The molecular formula is C27H36N2O4. The number of amides is 2. The third-order valence-electron chi connectivity index (χ3n) is 6.26. The number of benzene rings is 2. The molecule has 178 valence electrons. The van der Waals surface area contributed by atoms with Crippen molar-refractivity contribution >= 4 is 11.8 Å². The molecule has 1 aliphatic rings. The Kier molecular flexibility index (Phi) is 7.35. The second-order valence-corrected chi connectivity index (χ2v) is 10.0. The summed E-state index contributed by atoms with van der Waals surface area (Å²) < 4.78 is 10.8. The van der Waals surface area contributed by atoms with Gasteiger partial charge in [0.05, 0.1) is 14.2 Å². The van der Waals surface area contributed by atoms with Gasteiger partial charge in [-0.15, -0.1) is 0 Å². The summed E-state index contributed by atoms with van der Waals surface area (Å²) in [5.74, 6) is 1.01. The van der Waals surface area contributed by atoms with Crippen molar-refractivity contribution in [3.63, 3.8) is 0 Å². The fraction of sp³-hybridized carbons (Fsp3) is 0.481. The summed E-state index contributed by atoms with van der Waals surface area (Å²) in [6, 6.07) is 10.9. The number of ether oxygens (including phenoxy) is 2. The van der Waals surface area contributed by atoms with Gasteiger partial charge in [-0.25, -0.2) is 0 Å². The first-order chi connectivity index (χ1) is 15.5. The molecule has 0 fully saturated rings. The molecule has 1 N–H and O–H groups in total. The Bertz CT molecular complexity index is 1010. The average molecular weight is 453 g/mol. The molecule has 0 saturated heterocycles. The molecule has 0 radical (unpaired) electrons. The van der Waals surface area contributed by atoms with Crippen molar-refractivity contribution in [2.45, 2.75) is 59.0 Å². The third-order valence-corrected chi connectivity index (χ3v) is 6.26. The maximum atomic E-state index is 13.4. The van der Waals surface area contributed by atoms with Crippen LogP contribution in [0.15, 0.2) is 36.4 Å². The van der Waals surface area contributed by atoms with Gasteiger partial charge in [-0.1, -0.05) is 46.8 Å². The molecule has 1 heterocycles. The molecule has 2 aromatic rings. The van der Waals surface area contributed by atoms with Crippen LogP contribution in [0.1, 0.15) is 61.7 Å². The summed E-state index contributed by atoms with van der Waals surface area (Å²) in [5.41, 5.74) is 3.93. The molecule has 2 amide bonds. The van der Waals surface area contributed by atoms with Crippen LogP contribution in [0.25, 0.3) is 0 Å². The van der Waals surface area contributed by atoms with Gasteiger partial charge in [0.25, 0.3) is 5.91 Å². The molecule has 0 bridgehead atoms. The predicted molar refractivity (Wildman–Crippen MR) is 130 cm³/mol. The van der Waals surface area contributed by atoms with Gasteiger partial charge >= 0.3 is 0 Å². The summed E-state index contributed by atoms with van der Waals surface area (Å²) in [6.45, 7) is 11.4. The van der Waals surface area contributed by atoms with E-state index in [1.54, 1.807) is 14.2 Å². The number of methoxy groups -OCH3 is 2. The summed E-state index contributed by atoms with van der Waals surface area (Å²) in [5, 5.41) is 2.98. The lowest BCUT2D eigenvalue weighted by Gasteiger charge is -2.34. The Morgan fingerprint density at radius 3 is 2.06 bits per heavy atom. The molecule has 6 heteroatoms. The third kappa shape index (κ3) is 5.49. The molecule has 0 spiro atoms. The van der Waals surface area contributed by atoms with E-state index in [-0.39, 0.29) is 23.1 Å². The number of hydrogen-bond donors (Lipinski definition) is 1. The quantitative estimate of drug-likeness (QED) is 0.708. The van der Waals surface area contributed by atoms with Gasteiger partial charge in [0, 0.05) is 18.7 Å². The van der Waals surface area contributed by atoms with Crippen LogP contribution in [0.4, 0.5) is 0 Å². The van der Waals surface area contributed by atoms with E-state index in [1.165, 1.54) is 0 Å². The Morgan fingerprint density at radius 2 is 1.55 bits per heavy atom. The number of carbonyl (C=O) groups is 2. The summed E-state index contributed by atoms with van der Waals surface area (Å²) >= 11 is 0. The highest BCUT2D eigenvalue weighted by atomic mass is 16.5. The van der Waals surface area contributed by atoms with Crippen molar-refractivity contribution in [2.24, 2.45) is 5.92 Å². The lowest BCUT2D eigenvalue weighted by atomic mass is 9.86. The Balaban J connectivity index is 1.75. The minimum atomic E-state index is -0.596. The first kappa shape index (κ1) is 24.6. The lowest BCUT2D eigenvalue weighted by Crippen LogP contribution is -2.52. The van der Waals surface area contributed by atoms with Crippen molar-refractivity contribution in [1.29, 1.82) is 0 Å². The van der Waals surface area contributed by atoms with E-state index < -0.39 is 6.04 Å². The van der Waals surface area contributed by atoms with Gasteiger partial charge in [0.2, 0.25) is 5.91 Å². The molecule has 1 unspecified atom stereocenters. The summed E-state index contributed by atoms with van der Waals surface area (Å²) in [6.07, 6.45) is 0.731. The fourth-order valence-corrected chi connectivity index (χ4v) is 4.13. The molecule has 3 rings (SSSR count). The van der Waals surface area contributed by atoms with Gasteiger partial charge < -0.3 is 19.7 Å². The number of nitrogens with one attached hydrogen (secondary N) is 1. The Labute approximate surface area is 197 Å². The predicted octanol–water partition coefficient (Wildman–Crippen LogP) is 4.34. The second kappa shape index (κ2) is 9.86. The van der Waals surface area contributed by atoms with Crippen LogP contribution in [-0.4, -0.2) is 43.5 Å². The van der Waals surface area contributed by atoms with Crippen molar-refractivity contribution in [2.75, 3.05) is 20.8 Å². The van der Waals surface area contributed by atoms with Gasteiger partial charge in [0.1, 0.15) is 6.04 Å². The molecule has 0 aromatic heterocycles. The summed E-state index contributed by atoms with van der Waals surface area (Å²) in [7, 11) is 3.23. The number of fused-ring (bicyclic) bond motifs is 1. The highest BCUT2D eigenvalue weighted by Gasteiger charge is 2.31. The van der Waals surface area contributed by atoms with E-state index in [0.29, 0.717) is 30.2 Å². The molecule has 0 aliphatic carbocycles. The zero-order valence-electron chi connectivity index (χ0n) is 20.8. The first-order valence-corrected chi connectivity index (χ1v) is 11.5. The van der Waals surface area contributed by atoms with Crippen LogP contribution in [0.5, 0.6) is 11.5 Å². The number of rotatable bonds is 6. The molecular weight excluding hydrogens is 416 g/mol. The van der Waals surface area contributed by atoms with E-state index >= 15 is 0 Å². The molecule has 1 aliphatic heterocycles. The Hall–Kier alpha value is -3.02. The van der Waals surface area contributed by atoms with Crippen molar-refractivity contribution in [3.05, 3.63) is 58.7 Å². The zero-order valence-corrected chi connectivity index (χ0v) is 20.8. The van der Waals surface area contributed by atoms with Gasteiger partial charge in [0.15, 0.2) is 11.5 Å². The number of nitrogens with zero attached hydrogens (tertiary/aromatic N) is 1. The number of carbonyl (C=O) groups excluding carboxylic acids is 2. The van der Waals surface area contributed by atoms with E-state index in [1.807, 2.05) is 55.1 Å². The minimum absolute atomic E-state index is 0.0166. The zero-order chi connectivity index (χ0) is 24.3. The normalized spacial score (nSPS) is 14.5. The largest absolute Gasteiger partial charge is 0.493 e. The highest BCUT2D eigenvalue weighted by molar-refractivity contribution is 5.97. The first-order valence-electron chi connectivity index (χ1n) is 11.5. The van der Waals surface area contributed by atoms with Crippen LogP contribution in [-0.2, 0) is 23.2 Å². The van der Waals surface area contributed by atoms with E-state index in [4.69, 9.17) is 9.47 Å². The van der Waals surface area contributed by atoms with E-state index in [9.17, 15) is 9.59 Å². The average Bonchev–Trinajstić information content (AvgIpc) is 2.79. The standard InChI is InChI=1S/C27H36N2O4/c1-17(2)24(28-25(30)18-8-10-21(11-9-18)27(3,4)5)26(31)29-13-12-19-14-22(32-6)23(33-7)15-20(19)16-29/h8-11,14-15,17,24H,12-13,16H2,1-7H3,(H,28,30). The Morgan fingerprint density at radius 1 is 0.970 bits per heavy atom. The molecule has 1 atom stereocenters. The maximum absolute atomic E-state index is 13.4. The fourth-order valence-electron chi connectivity index (χ4n) is 4.13. The minimum Gasteiger partial charge on any atom is -0.493 e. The van der Waals surface area contributed by atoms with Crippen LogP contribution in [0.3, 0.4) is 0 Å². The molecule has 0 saturated carbocycles. The topological polar surface area (TPSA) is 67.9 Å². The van der Waals surface area contributed by atoms with E-state index in [2.05, 4.69) is 26.1 Å². The molecule has 2 aromatic carbocycles. The van der Waals surface area contributed by atoms with Gasteiger partial charge in [-0.2, -0.15) is 0 Å². The van der Waals surface area contributed by atoms with Crippen molar-refractivity contribution in [3.8, 4) is 11.5 Å². The number of hydrogen-bond acceptors (Lipinski definition) is 4. The van der Waals surface area contributed by atoms with Gasteiger partial charge in [-0.3, -0.25) is 9.59 Å². The summed E-state index contributed by atoms with van der Waals surface area (Å²) in [4.78, 5) is 28.2. The van der Waals surface area contributed by atoms with Gasteiger partial charge in [-0.05, 0) is 58.7 Å². The second-order valence-electron chi connectivity index (χ2n) is 10.0. The van der Waals surface area contributed by atoms with Crippen LogP contribution in [0.2, 0.25) is 0 Å². The lowest BCUT2D eigenvalue weighted by molar-refractivity contribution is -0.135. The van der Waals surface area contributed by atoms with Crippen molar-refractivity contribution < 1.29 is 19.1 Å². The smallest absolute Gasteiger partial charge is 0.251 e. The molecule has 6 nitrogen and oxygen atoms in total. The van der Waals surface area contributed by atoms with Crippen LogP contribution < -0.4 is 14.8 Å². The highest BCUT2D eigenvalue weighted by Crippen LogP contribution is 2.33. The molecule has 33 heavy (non-hydrogen) atoms. The maximum Gasteiger partial charge on any atom is 0.251 e. The van der Waals surface area contributed by atoms with Crippen molar-refractivity contribution in [1.82, 2.24) is 10.2 Å². The van der Waals surface area contributed by atoms with Crippen LogP contribution in [0, 0.1) is 5.92 Å².